The fourth-order valence-corrected chi connectivity index (χ4v) is 3.09. The maximum atomic E-state index is 15.1. The molecule has 0 spiro atoms. The molecule has 7 nitrogen and oxygen atoms in total. The summed E-state index contributed by atoms with van der Waals surface area (Å²) in [5.74, 6) is -0.397. The summed E-state index contributed by atoms with van der Waals surface area (Å²) < 4.78 is 15.1. The normalized spacial score (nSPS) is 10.9. The van der Waals surface area contributed by atoms with Gasteiger partial charge < -0.3 is 5.32 Å². The molecule has 8 heteroatoms. The van der Waals surface area contributed by atoms with E-state index in [0.717, 1.165) is 22.5 Å². The minimum Gasteiger partial charge on any atom is -0.363 e. The van der Waals surface area contributed by atoms with Gasteiger partial charge in [-0.1, -0.05) is 12.1 Å². The predicted molar refractivity (Wildman–Crippen MR) is 145 cm³/mol. The Labute approximate surface area is 211 Å². The largest absolute Gasteiger partial charge is 0.363 e. The van der Waals surface area contributed by atoms with E-state index in [1.54, 1.807) is 42.8 Å². The van der Waals surface area contributed by atoms with Crippen molar-refractivity contribution >= 4 is 24.9 Å². The average Bonchev–Trinajstić information content (AvgIpc) is 2.89. The van der Waals surface area contributed by atoms with Crippen LogP contribution in [0.5, 0.6) is 0 Å². The van der Waals surface area contributed by atoms with Crippen molar-refractivity contribution < 1.29 is 4.39 Å². The van der Waals surface area contributed by atoms with Gasteiger partial charge >= 0.3 is 0 Å². The van der Waals surface area contributed by atoms with E-state index >= 15 is 4.39 Å². The summed E-state index contributed by atoms with van der Waals surface area (Å²) in [6.45, 7) is 14.5. The summed E-state index contributed by atoms with van der Waals surface area (Å²) in [6.07, 6.45) is 10.6. The monoisotopic (exact) mass is 481 g/mol. The zero-order valence-electron chi connectivity index (χ0n) is 20.4. The van der Waals surface area contributed by atoms with Crippen molar-refractivity contribution in [2.45, 2.75) is 26.8 Å². The smallest absolute Gasteiger partial charge is 0.174 e. The van der Waals surface area contributed by atoms with Crippen molar-refractivity contribution in [2.75, 3.05) is 5.32 Å². The minimum atomic E-state index is -0.516. The predicted octanol–water partition coefficient (Wildman–Crippen LogP) is 6.33. The van der Waals surface area contributed by atoms with E-state index < -0.39 is 5.82 Å². The summed E-state index contributed by atoms with van der Waals surface area (Å²) in [5.41, 5.74) is 5.00. The number of aromatic nitrogens is 3. The van der Waals surface area contributed by atoms with Crippen LogP contribution in [0.3, 0.4) is 0 Å². The van der Waals surface area contributed by atoms with Crippen molar-refractivity contribution in [3.8, 4) is 17.3 Å². The highest BCUT2D eigenvalue weighted by Crippen LogP contribution is 2.24. The van der Waals surface area contributed by atoms with E-state index in [4.69, 9.17) is 5.26 Å². The molecular formula is C28H28FN7. The molecule has 0 fully saturated rings. The van der Waals surface area contributed by atoms with Crippen LogP contribution in [0, 0.1) is 24.1 Å². The van der Waals surface area contributed by atoms with Crippen molar-refractivity contribution in [3.05, 3.63) is 102 Å². The summed E-state index contributed by atoms with van der Waals surface area (Å²) >= 11 is 0. The first-order valence-corrected chi connectivity index (χ1v) is 11.0. The molecule has 0 atom stereocenters. The van der Waals surface area contributed by atoms with Gasteiger partial charge in [0.1, 0.15) is 0 Å². The topological polar surface area (TPSA) is 99.2 Å². The van der Waals surface area contributed by atoms with Crippen LogP contribution in [-0.4, -0.2) is 28.4 Å². The highest BCUT2D eigenvalue weighted by molar-refractivity contribution is 5.71. The van der Waals surface area contributed by atoms with Gasteiger partial charge in [-0.05, 0) is 62.3 Å². The second-order valence-electron chi connectivity index (χ2n) is 7.35. The third-order valence-electron chi connectivity index (χ3n) is 4.80. The molecule has 0 radical (unpaired) electrons. The van der Waals surface area contributed by atoms with Gasteiger partial charge in [-0.25, -0.2) is 9.37 Å². The maximum absolute atomic E-state index is 15.1. The SMILES string of the molecule is C=CC/C(=C\C=C(/N=C)c1ccnc(NCc2ccc(-c3ccnc(C)c3)nc2)c1F)N=C.CC#N. The first-order chi connectivity index (χ1) is 17.5. The number of aryl methyl sites for hydroxylation is 1. The molecule has 0 unspecified atom stereocenters. The minimum absolute atomic E-state index is 0.119. The number of aliphatic imine (C=N–C) groups is 2. The number of pyridine rings is 3. The van der Waals surface area contributed by atoms with Crippen molar-refractivity contribution in [3.63, 3.8) is 0 Å². The Hall–Kier alpha value is -4.77. The van der Waals surface area contributed by atoms with Gasteiger partial charge in [-0.2, -0.15) is 5.26 Å². The molecule has 0 bridgehead atoms. The Bertz CT molecular complexity index is 1300. The molecule has 0 saturated heterocycles. The Morgan fingerprint density at radius 2 is 1.86 bits per heavy atom. The third-order valence-corrected chi connectivity index (χ3v) is 4.80. The lowest BCUT2D eigenvalue weighted by Gasteiger charge is -2.10. The molecule has 36 heavy (non-hydrogen) atoms. The zero-order valence-corrected chi connectivity index (χ0v) is 20.4. The van der Waals surface area contributed by atoms with Crippen LogP contribution in [0.2, 0.25) is 0 Å². The van der Waals surface area contributed by atoms with E-state index in [-0.39, 0.29) is 11.4 Å². The molecule has 182 valence electrons. The summed E-state index contributed by atoms with van der Waals surface area (Å²) in [4.78, 5) is 20.7. The first kappa shape index (κ1) is 27.5. The fraction of sp³-hybridized carbons (Fsp3) is 0.143. The number of nitriles is 1. The van der Waals surface area contributed by atoms with E-state index in [2.05, 4.69) is 50.3 Å². The molecule has 0 aliphatic rings. The standard InChI is InChI=1S/C26H25FN6.C2H3N/c1-5-6-21(28-3)8-10-24(29-4)22-12-14-31-26(25(22)27)33-17-19-7-9-23(32-16-19)20-11-13-30-18(2)15-20;1-2-3/h5,7-16H,1,3-4,6,17H2,2H3,(H,31,33);1H3/b21-8+,24-10-;. The van der Waals surface area contributed by atoms with Crippen LogP contribution in [0.25, 0.3) is 17.0 Å². The Morgan fingerprint density at radius 1 is 1.11 bits per heavy atom. The molecule has 0 aliphatic carbocycles. The van der Waals surface area contributed by atoms with Crippen LogP contribution < -0.4 is 5.32 Å². The van der Waals surface area contributed by atoms with Crippen LogP contribution in [0.15, 0.2) is 89.4 Å². The highest BCUT2D eigenvalue weighted by Gasteiger charge is 2.12. The molecule has 3 heterocycles. The van der Waals surface area contributed by atoms with Gasteiger partial charge in [-0.3, -0.25) is 20.0 Å². The number of hydrogen-bond donors (Lipinski definition) is 1. The molecule has 3 aromatic heterocycles. The molecular weight excluding hydrogens is 453 g/mol. The highest BCUT2D eigenvalue weighted by atomic mass is 19.1. The Morgan fingerprint density at radius 3 is 2.47 bits per heavy atom. The van der Waals surface area contributed by atoms with Gasteiger partial charge in [-0.15, -0.1) is 6.58 Å². The van der Waals surface area contributed by atoms with Crippen LogP contribution >= 0.6 is 0 Å². The van der Waals surface area contributed by atoms with E-state index in [0.29, 0.717) is 24.4 Å². The zero-order chi connectivity index (χ0) is 26.3. The maximum Gasteiger partial charge on any atom is 0.174 e. The molecule has 3 rings (SSSR count). The number of anilines is 1. The molecule has 0 aliphatic heterocycles. The summed E-state index contributed by atoms with van der Waals surface area (Å²) in [5, 5.41) is 10.4. The van der Waals surface area contributed by atoms with Gasteiger partial charge in [0.15, 0.2) is 11.6 Å². The lowest BCUT2D eigenvalue weighted by atomic mass is 10.1. The number of nitrogens with zero attached hydrogens (tertiary/aromatic N) is 6. The Balaban J connectivity index is 0.00000145. The number of halogens is 1. The van der Waals surface area contributed by atoms with Crippen molar-refractivity contribution in [1.29, 1.82) is 5.26 Å². The number of nitrogens with one attached hydrogen (secondary N) is 1. The quantitative estimate of drug-likeness (QED) is 0.207. The van der Waals surface area contributed by atoms with Crippen LogP contribution in [-0.2, 0) is 6.54 Å². The van der Waals surface area contributed by atoms with Crippen LogP contribution in [0.4, 0.5) is 10.2 Å². The second kappa shape index (κ2) is 14.5. The fourth-order valence-electron chi connectivity index (χ4n) is 3.09. The van der Waals surface area contributed by atoms with E-state index in [1.165, 1.54) is 13.1 Å². The number of hydrogen-bond acceptors (Lipinski definition) is 7. The van der Waals surface area contributed by atoms with Gasteiger partial charge in [0.05, 0.1) is 17.5 Å². The van der Waals surface area contributed by atoms with Gasteiger partial charge in [0.2, 0.25) is 0 Å². The molecule has 3 aromatic rings. The molecule has 0 saturated carbocycles. The lowest BCUT2D eigenvalue weighted by Crippen LogP contribution is -2.05. The average molecular weight is 482 g/mol. The Kier molecular flexibility index (Phi) is 11.1. The third kappa shape index (κ3) is 7.92. The summed E-state index contributed by atoms with van der Waals surface area (Å²) in [7, 11) is 0. The molecule has 0 aromatic carbocycles. The number of rotatable bonds is 10. The van der Waals surface area contributed by atoms with E-state index in [9.17, 15) is 0 Å². The van der Waals surface area contributed by atoms with Crippen molar-refractivity contribution in [2.24, 2.45) is 9.98 Å². The second-order valence-corrected chi connectivity index (χ2v) is 7.35. The van der Waals surface area contributed by atoms with Gasteiger partial charge in [0.25, 0.3) is 0 Å². The van der Waals surface area contributed by atoms with Gasteiger partial charge in [0, 0.05) is 61.0 Å². The molecule has 0 amide bonds. The van der Waals surface area contributed by atoms with E-state index in [1.807, 2.05) is 31.2 Å². The first-order valence-electron chi connectivity index (χ1n) is 11.0. The van der Waals surface area contributed by atoms with Crippen LogP contribution in [0.1, 0.15) is 30.2 Å². The van der Waals surface area contributed by atoms with Crippen molar-refractivity contribution in [1.82, 2.24) is 15.0 Å². The lowest BCUT2D eigenvalue weighted by molar-refractivity contribution is 0.620. The molecule has 1 N–H and O–H groups in total. The number of allylic oxidation sites excluding steroid dienone is 3. The summed E-state index contributed by atoms with van der Waals surface area (Å²) in [6, 6.07) is 11.1.